The molecule has 0 aliphatic carbocycles. The standard InChI is InChI=1S/C16H18N4O4S.ClH.H2O/c21-16-15-13(18-12-3-1-2-4-14(12)25(15,22)23)11-17-20(16)6-5-19-7-9-24-10-8-19;;/h1-4,11,18H,5-10H2;1H;1H2. The van der Waals surface area contributed by atoms with E-state index < -0.39 is 15.4 Å². The van der Waals surface area contributed by atoms with Crippen LogP contribution in [0.2, 0.25) is 0 Å². The van der Waals surface area contributed by atoms with E-state index in [-0.39, 0.29) is 33.4 Å². The lowest BCUT2D eigenvalue weighted by Gasteiger charge is -2.26. The van der Waals surface area contributed by atoms with Crippen molar-refractivity contribution in [2.75, 3.05) is 38.2 Å². The number of benzene rings is 1. The van der Waals surface area contributed by atoms with Crippen molar-refractivity contribution >= 4 is 33.6 Å². The van der Waals surface area contributed by atoms with Gasteiger partial charge in [0, 0.05) is 19.6 Å². The van der Waals surface area contributed by atoms with Crippen molar-refractivity contribution in [3.05, 3.63) is 40.8 Å². The molecule has 4 rings (SSSR count). The Morgan fingerprint density at radius 1 is 1.11 bits per heavy atom. The highest BCUT2D eigenvalue weighted by atomic mass is 35.5. The Morgan fingerprint density at radius 3 is 2.56 bits per heavy atom. The average Bonchev–Trinajstić information content (AvgIpc) is 2.62. The normalized spacial score (nSPS) is 17.5. The Labute approximate surface area is 162 Å². The molecular formula is C16H21ClN4O5S. The van der Waals surface area contributed by atoms with E-state index in [9.17, 15) is 13.2 Å². The van der Waals surface area contributed by atoms with Crippen LogP contribution in [0.3, 0.4) is 0 Å². The molecule has 1 saturated heterocycles. The Bertz CT molecular complexity index is 973. The number of ether oxygens (including phenoxy) is 1. The van der Waals surface area contributed by atoms with Crippen LogP contribution >= 0.6 is 12.4 Å². The number of nitrogens with one attached hydrogen (secondary N) is 1. The summed E-state index contributed by atoms with van der Waals surface area (Å²) in [5.74, 6) is 0. The number of hydrogen-bond donors (Lipinski definition) is 1. The van der Waals surface area contributed by atoms with E-state index in [0.29, 0.717) is 32.0 Å². The summed E-state index contributed by atoms with van der Waals surface area (Å²) in [6, 6.07) is 6.54. The molecule has 0 saturated carbocycles. The maximum Gasteiger partial charge on any atom is 0.288 e. The second-order valence-electron chi connectivity index (χ2n) is 5.99. The summed E-state index contributed by atoms with van der Waals surface area (Å²) in [7, 11) is -3.87. The van der Waals surface area contributed by atoms with Crippen molar-refractivity contribution in [1.82, 2.24) is 14.7 Å². The fraction of sp³-hybridized carbons (Fsp3) is 0.375. The van der Waals surface area contributed by atoms with Crippen LogP contribution in [0.1, 0.15) is 0 Å². The second kappa shape index (κ2) is 8.36. The van der Waals surface area contributed by atoms with Crippen LogP contribution in [0, 0.1) is 0 Å². The van der Waals surface area contributed by atoms with Gasteiger partial charge >= 0.3 is 0 Å². The van der Waals surface area contributed by atoms with E-state index in [4.69, 9.17) is 4.74 Å². The highest BCUT2D eigenvalue weighted by Crippen LogP contribution is 2.36. The molecule has 148 valence electrons. The first-order valence-corrected chi connectivity index (χ1v) is 9.57. The van der Waals surface area contributed by atoms with E-state index in [2.05, 4.69) is 15.3 Å². The molecule has 0 unspecified atom stereocenters. The van der Waals surface area contributed by atoms with Crippen molar-refractivity contribution in [3.8, 4) is 0 Å². The van der Waals surface area contributed by atoms with Crippen molar-refractivity contribution < 1.29 is 18.6 Å². The maximum atomic E-state index is 12.9. The smallest absolute Gasteiger partial charge is 0.288 e. The third-order valence-corrected chi connectivity index (χ3v) is 6.31. The van der Waals surface area contributed by atoms with Gasteiger partial charge in [0.2, 0.25) is 9.84 Å². The predicted octanol–water partition coefficient (Wildman–Crippen LogP) is 0.0624. The Morgan fingerprint density at radius 2 is 1.81 bits per heavy atom. The Balaban J connectivity index is 0.00000131. The minimum absolute atomic E-state index is 0. The van der Waals surface area contributed by atoms with Gasteiger partial charge in [-0.3, -0.25) is 9.69 Å². The second-order valence-corrected chi connectivity index (χ2v) is 7.85. The third-order valence-electron chi connectivity index (χ3n) is 4.45. The van der Waals surface area contributed by atoms with Crippen LogP contribution < -0.4 is 10.9 Å². The van der Waals surface area contributed by atoms with Crippen LogP contribution in [0.5, 0.6) is 0 Å². The zero-order valence-corrected chi connectivity index (χ0v) is 16.1. The lowest BCUT2D eigenvalue weighted by atomic mass is 10.3. The van der Waals surface area contributed by atoms with E-state index in [1.807, 2.05) is 0 Å². The van der Waals surface area contributed by atoms with E-state index in [1.54, 1.807) is 18.2 Å². The third kappa shape index (κ3) is 3.85. The topological polar surface area (TPSA) is 125 Å². The predicted molar refractivity (Wildman–Crippen MR) is 102 cm³/mol. The van der Waals surface area contributed by atoms with Gasteiger partial charge < -0.3 is 15.5 Å². The molecule has 9 nitrogen and oxygen atoms in total. The quantitative estimate of drug-likeness (QED) is 0.640. The molecule has 11 heteroatoms. The molecule has 1 aromatic carbocycles. The van der Waals surface area contributed by atoms with Crippen LogP contribution in [0.25, 0.3) is 0 Å². The number of hydrogen-bond acceptors (Lipinski definition) is 7. The fourth-order valence-corrected chi connectivity index (χ4v) is 4.71. The molecule has 2 aliphatic rings. The molecular weight excluding hydrogens is 396 g/mol. The Kier molecular flexibility index (Phi) is 6.60. The summed E-state index contributed by atoms with van der Waals surface area (Å²) in [4.78, 5) is 14.8. The molecule has 0 atom stereocenters. The molecule has 0 bridgehead atoms. The number of halogens is 1. The maximum absolute atomic E-state index is 12.9. The molecule has 2 aliphatic heterocycles. The lowest BCUT2D eigenvalue weighted by Crippen LogP contribution is -2.40. The van der Waals surface area contributed by atoms with Crippen molar-refractivity contribution in [3.63, 3.8) is 0 Å². The van der Waals surface area contributed by atoms with Gasteiger partial charge in [-0.25, -0.2) is 13.1 Å². The van der Waals surface area contributed by atoms with E-state index in [1.165, 1.54) is 16.9 Å². The highest BCUT2D eigenvalue weighted by molar-refractivity contribution is 7.92. The number of para-hydroxylation sites is 1. The number of fused-ring (bicyclic) bond motifs is 2. The monoisotopic (exact) mass is 416 g/mol. The van der Waals surface area contributed by atoms with Crippen molar-refractivity contribution in [1.29, 1.82) is 0 Å². The van der Waals surface area contributed by atoms with Crippen LogP contribution in [-0.4, -0.2) is 61.4 Å². The number of morpholine rings is 1. The summed E-state index contributed by atoms with van der Waals surface area (Å²) in [6.07, 6.45) is 1.41. The number of sulfone groups is 1. The van der Waals surface area contributed by atoms with Gasteiger partial charge in [0.1, 0.15) is 0 Å². The molecule has 3 heterocycles. The van der Waals surface area contributed by atoms with Gasteiger partial charge in [-0.05, 0) is 12.1 Å². The first-order valence-electron chi connectivity index (χ1n) is 8.09. The summed E-state index contributed by atoms with van der Waals surface area (Å²) < 4.78 is 32.3. The van der Waals surface area contributed by atoms with Gasteiger partial charge in [0.05, 0.1) is 42.2 Å². The lowest BCUT2D eigenvalue weighted by molar-refractivity contribution is 0.0357. The molecule has 0 radical (unpaired) electrons. The molecule has 3 N–H and O–H groups in total. The van der Waals surface area contributed by atoms with Gasteiger partial charge in [0.25, 0.3) is 5.56 Å². The number of aromatic nitrogens is 2. The van der Waals surface area contributed by atoms with Crippen molar-refractivity contribution in [2.24, 2.45) is 0 Å². The van der Waals surface area contributed by atoms with Crippen LogP contribution in [0.4, 0.5) is 11.4 Å². The van der Waals surface area contributed by atoms with Crippen molar-refractivity contribution in [2.45, 2.75) is 16.3 Å². The number of anilines is 2. The summed E-state index contributed by atoms with van der Waals surface area (Å²) in [5, 5.41) is 7.12. The zero-order chi connectivity index (χ0) is 17.4. The summed E-state index contributed by atoms with van der Waals surface area (Å²) >= 11 is 0. The minimum atomic E-state index is -3.87. The van der Waals surface area contributed by atoms with Gasteiger partial charge in [-0.15, -0.1) is 12.4 Å². The summed E-state index contributed by atoms with van der Waals surface area (Å²) in [6.45, 7) is 3.89. The van der Waals surface area contributed by atoms with E-state index in [0.717, 1.165) is 13.1 Å². The number of rotatable bonds is 3. The summed E-state index contributed by atoms with van der Waals surface area (Å²) in [5.41, 5.74) is 0.0985. The molecule has 1 aromatic heterocycles. The van der Waals surface area contributed by atoms with Crippen LogP contribution in [-0.2, 0) is 21.1 Å². The van der Waals surface area contributed by atoms with Gasteiger partial charge in [0.15, 0.2) is 4.90 Å². The largest absolute Gasteiger partial charge is 0.412 e. The highest BCUT2D eigenvalue weighted by Gasteiger charge is 2.33. The molecule has 0 amide bonds. The molecule has 1 fully saturated rings. The zero-order valence-electron chi connectivity index (χ0n) is 14.4. The van der Waals surface area contributed by atoms with Gasteiger partial charge in [-0.1, -0.05) is 12.1 Å². The minimum Gasteiger partial charge on any atom is -0.412 e. The first-order chi connectivity index (χ1) is 12.1. The molecule has 27 heavy (non-hydrogen) atoms. The fourth-order valence-electron chi connectivity index (χ4n) is 3.10. The van der Waals surface area contributed by atoms with E-state index >= 15 is 0 Å². The molecule has 0 spiro atoms. The SMILES string of the molecule is Cl.O.O=c1c2c(cnn1CCN1CCOCC1)Nc1ccccc1S2(=O)=O. The number of nitrogens with zero attached hydrogens (tertiary/aromatic N) is 3. The average molecular weight is 417 g/mol. The van der Waals surface area contributed by atoms with Crippen LogP contribution in [0.15, 0.2) is 45.0 Å². The Hall–Kier alpha value is -1.98. The first kappa shape index (κ1) is 21.3. The van der Waals surface area contributed by atoms with Gasteiger partial charge in [-0.2, -0.15) is 5.10 Å². The molecule has 2 aromatic rings.